The minimum absolute atomic E-state index is 0.0212. The van der Waals surface area contributed by atoms with Crippen molar-refractivity contribution in [2.75, 3.05) is 7.05 Å². The fraction of sp³-hybridized carbons (Fsp3) is 0.167. The van der Waals surface area contributed by atoms with Gasteiger partial charge in [0.2, 0.25) is 5.91 Å². The number of aromatic nitrogens is 2. The summed E-state index contributed by atoms with van der Waals surface area (Å²) in [4.78, 5) is 11.5. The molecule has 1 amide bonds. The van der Waals surface area contributed by atoms with E-state index in [0.717, 1.165) is 22.0 Å². The van der Waals surface area contributed by atoms with E-state index >= 15 is 0 Å². The molecule has 1 heterocycles. The lowest BCUT2D eigenvalue weighted by Gasteiger charge is -2.12. The quantitative estimate of drug-likeness (QED) is 0.492. The molecule has 4 rings (SSSR count). The van der Waals surface area contributed by atoms with Crippen molar-refractivity contribution in [1.29, 1.82) is 0 Å². The van der Waals surface area contributed by atoms with E-state index in [1.165, 1.54) is 6.07 Å². The van der Waals surface area contributed by atoms with Crippen molar-refractivity contribution < 1.29 is 13.9 Å². The minimum atomic E-state index is -0.254. The normalized spacial score (nSPS) is 10.9. The monoisotopic (exact) mass is 403 g/mol. The van der Waals surface area contributed by atoms with E-state index in [1.807, 2.05) is 53.2 Å². The maximum atomic E-state index is 14.3. The summed E-state index contributed by atoms with van der Waals surface area (Å²) < 4.78 is 22.1. The molecule has 152 valence electrons. The number of hydrogen-bond donors (Lipinski definition) is 1. The molecular formula is C24H22FN3O2. The molecule has 30 heavy (non-hydrogen) atoms. The molecular weight excluding hydrogens is 381 g/mol. The Kier molecular flexibility index (Phi) is 5.75. The number of ether oxygens (including phenoxy) is 1. The fourth-order valence-corrected chi connectivity index (χ4v) is 3.42. The smallest absolute Gasteiger partial charge is 0.221 e. The van der Waals surface area contributed by atoms with E-state index in [0.29, 0.717) is 30.9 Å². The molecule has 1 aromatic heterocycles. The number of hydrogen-bond acceptors (Lipinski definition) is 3. The number of carbonyl (C=O) groups is 1. The van der Waals surface area contributed by atoms with Gasteiger partial charge in [-0.2, -0.15) is 5.10 Å². The molecule has 0 fully saturated rings. The molecule has 4 aromatic rings. The zero-order chi connectivity index (χ0) is 20.9. The summed E-state index contributed by atoms with van der Waals surface area (Å²) in [5.74, 6) is 0.430. The van der Waals surface area contributed by atoms with Gasteiger partial charge in [-0.3, -0.25) is 9.48 Å². The second-order valence-electron chi connectivity index (χ2n) is 6.94. The average Bonchev–Trinajstić information content (AvgIpc) is 3.19. The first-order valence-electron chi connectivity index (χ1n) is 9.77. The Morgan fingerprint density at radius 2 is 1.83 bits per heavy atom. The molecule has 0 radical (unpaired) electrons. The van der Waals surface area contributed by atoms with E-state index in [1.54, 1.807) is 25.4 Å². The summed E-state index contributed by atoms with van der Waals surface area (Å²) in [6.45, 7) is 0.834. The van der Waals surface area contributed by atoms with E-state index in [9.17, 15) is 9.18 Å². The molecule has 0 aliphatic carbocycles. The second-order valence-corrected chi connectivity index (χ2v) is 6.94. The Labute approximate surface area is 174 Å². The molecule has 0 atom stereocenters. The van der Waals surface area contributed by atoms with Crippen LogP contribution in [0.5, 0.6) is 5.75 Å². The summed E-state index contributed by atoms with van der Waals surface area (Å²) in [6.07, 6.45) is 2.14. The van der Waals surface area contributed by atoms with Crippen LogP contribution in [0, 0.1) is 5.82 Å². The van der Waals surface area contributed by atoms with Crippen LogP contribution in [0.1, 0.15) is 12.0 Å². The summed E-state index contributed by atoms with van der Waals surface area (Å²) in [5.41, 5.74) is 3.23. The molecule has 5 nitrogen and oxygen atoms in total. The minimum Gasteiger partial charge on any atom is -0.489 e. The van der Waals surface area contributed by atoms with Crippen LogP contribution in [0.15, 0.2) is 72.9 Å². The van der Waals surface area contributed by atoms with Gasteiger partial charge in [-0.25, -0.2) is 4.39 Å². The zero-order valence-corrected chi connectivity index (χ0v) is 16.6. The molecule has 0 saturated carbocycles. The Morgan fingerprint density at radius 3 is 2.63 bits per heavy atom. The van der Waals surface area contributed by atoms with Gasteiger partial charge in [0.1, 0.15) is 18.2 Å². The van der Waals surface area contributed by atoms with Gasteiger partial charge >= 0.3 is 0 Å². The van der Waals surface area contributed by atoms with Gasteiger partial charge in [0.15, 0.2) is 0 Å². The van der Waals surface area contributed by atoms with Crippen LogP contribution in [0.25, 0.3) is 22.0 Å². The van der Waals surface area contributed by atoms with E-state index in [-0.39, 0.29) is 11.7 Å². The van der Waals surface area contributed by atoms with Crippen molar-refractivity contribution in [1.82, 2.24) is 15.1 Å². The van der Waals surface area contributed by atoms with Gasteiger partial charge in [-0.1, -0.05) is 42.5 Å². The van der Waals surface area contributed by atoms with Crippen LogP contribution >= 0.6 is 0 Å². The second kappa shape index (κ2) is 8.78. The third-order valence-electron chi connectivity index (χ3n) is 5.02. The van der Waals surface area contributed by atoms with Crippen molar-refractivity contribution in [2.24, 2.45) is 0 Å². The molecule has 0 bridgehead atoms. The first-order chi connectivity index (χ1) is 14.7. The van der Waals surface area contributed by atoms with E-state index in [4.69, 9.17) is 4.74 Å². The number of benzene rings is 3. The van der Waals surface area contributed by atoms with Crippen LogP contribution in [-0.2, 0) is 17.9 Å². The van der Waals surface area contributed by atoms with Gasteiger partial charge in [0.25, 0.3) is 0 Å². The lowest BCUT2D eigenvalue weighted by Crippen LogP contribution is -2.19. The van der Waals surface area contributed by atoms with Crippen LogP contribution in [0.2, 0.25) is 0 Å². The third kappa shape index (κ3) is 4.17. The highest BCUT2D eigenvalue weighted by molar-refractivity contribution is 5.80. The first-order valence-corrected chi connectivity index (χ1v) is 9.77. The highest BCUT2D eigenvalue weighted by atomic mass is 19.1. The number of halogens is 1. The lowest BCUT2D eigenvalue weighted by molar-refractivity contribution is -0.120. The van der Waals surface area contributed by atoms with E-state index < -0.39 is 0 Å². The Morgan fingerprint density at radius 1 is 1.07 bits per heavy atom. The molecule has 0 aliphatic rings. The Hall–Kier alpha value is -3.67. The molecule has 6 heteroatoms. The van der Waals surface area contributed by atoms with Crippen LogP contribution in [0.3, 0.4) is 0 Å². The van der Waals surface area contributed by atoms with Crippen molar-refractivity contribution in [3.8, 4) is 16.9 Å². The molecule has 0 spiro atoms. The Balaban J connectivity index is 1.51. The Bertz CT molecular complexity index is 1190. The maximum absolute atomic E-state index is 14.3. The third-order valence-corrected chi connectivity index (χ3v) is 5.02. The van der Waals surface area contributed by atoms with Crippen molar-refractivity contribution in [2.45, 2.75) is 19.6 Å². The van der Waals surface area contributed by atoms with Gasteiger partial charge < -0.3 is 10.1 Å². The van der Waals surface area contributed by atoms with Gasteiger partial charge in [0, 0.05) is 24.4 Å². The number of aryl methyl sites for hydroxylation is 1. The zero-order valence-electron chi connectivity index (χ0n) is 16.6. The van der Waals surface area contributed by atoms with Crippen molar-refractivity contribution in [3.05, 3.63) is 84.3 Å². The standard InChI is InChI=1S/C24H22FN3O2/c1-26-24(29)12-13-28-23-11-10-19(14-18(23)15-27-28)30-16-17-6-2-3-7-20(17)21-8-4-5-9-22(21)25/h2-11,14-15H,12-13,16H2,1H3,(H,26,29). The van der Waals surface area contributed by atoms with E-state index in [2.05, 4.69) is 10.4 Å². The van der Waals surface area contributed by atoms with Crippen LogP contribution < -0.4 is 10.1 Å². The number of amides is 1. The van der Waals surface area contributed by atoms with Gasteiger partial charge in [-0.15, -0.1) is 0 Å². The predicted molar refractivity (Wildman–Crippen MR) is 115 cm³/mol. The van der Waals surface area contributed by atoms with Crippen molar-refractivity contribution in [3.63, 3.8) is 0 Å². The number of rotatable bonds is 7. The topological polar surface area (TPSA) is 56.2 Å². The average molecular weight is 403 g/mol. The molecule has 1 N–H and O–H groups in total. The summed E-state index contributed by atoms with van der Waals surface area (Å²) in [6, 6.07) is 20.1. The molecule has 0 unspecified atom stereocenters. The number of nitrogens with one attached hydrogen (secondary N) is 1. The SMILES string of the molecule is CNC(=O)CCn1ncc2cc(OCc3ccccc3-c3ccccc3F)ccc21. The molecule has 0 saturated heterocycles. The van der Waals surface area contributed by atoms with Gasteiger partial charge in [-0.05, 0) is 35.4 Å². The fourth-order valence-electron chi connectivity index (χ4n) is 3.42. The van der Waals surface area contributed by atoms with Crippen molar-refractivity contribution >= 4 is 16.8 Å². The van der Waals surface area contributed by atoms with Gasteiger partial charge in [0.05, 0.1) is 18.3 Å². The number of fused-ring (bicyclic) bond motifs is 1. The molecule has 0 aliphatic heterocycles. The maximum Gasteiger partial charge on any atom is 0.221 e. The largest absolute Gasteiger partial charge is 0.489 e. The highest BCUT2D eigenvalue weighted by Gasteiger charge is 2.10. The summed E-state index contributed by atoms with van der Waals surface area (Å²) in [5, 5.41) is 7.91. The van der Waals surface area contributed by atoms with Crippen LogP contribution in [0.4, 0.5) is 4.39 Å². The predicted octanol–water partition coefficient (Wildman–Crippen LogP) is 4.56. The summed E-state index contributed by atoms with van der Waals surface area (Å²) in [7, 11) is 1.62. The first kappa shape index (κ1) is 19.6. The summed E-state index contributed by atoms with van der Waals surface area (Å²) >= 11 is 0. The number of nitrogens with zero attached hydrogens (tertiary/aromatic N) is 2. The number of carbonyl (C=O) groups excluding carboxylic acids is 1. The van der Waals surface area contributed by atoms with Crippen LogP contribution in [-0.4, -0.2) is 22.7 Å². The molecule has 3 aromatic carbocycles. The lowest BCUT2D eigenvalue weighted by atomic mass is 10.00. The highest BCUT2D eigenvalue weighted by Crippen LogP contribution is 2.28.